The molecule has 2 heterocycles. The summed E-state index contributed by atoms with van der Waals surface area (Å²) in [5, 5.41) is 9.42. The Kier molecular flexibility index (Phi) is 9.32. The van der Waals surface area contributed by atoms with E-state index in [-0.39, 0.29) is 11.8 Å². The average Bonchev–Trinajstić information content (AvgIpc) is 3.14. The number of carbonyl (C=O) groups excluding carboxylic acids is 1. The lowest BCUT2D eigenvalue weighted by Crippen LogP contribution is -2.43. The van der Waals surface area contributed by atoms with Crippen molar-refractivity contribution in [1.82, 2.24) is 20.5 Å². The number of pyridine rings is 1. The number of amides is 1. The fourth-order valence-electron chi connectivity index (χ4n) is 5.62. The summed E-state index contributed by atoms with van der Waals surface area (Å²) < 4.78 is 5.97. The van der Waals surface area contributed by atoms with Gasteiger partial charge in [-0.1, -0.05) is 38.1 Å². The Hall–Kier alpha value is -3.62. The van der Waals surface area contributed by atoms with E-state index in [1.807, 2.05) is 53.2 Å². The van der Waals surface area contributed by atoms with Crippen LogP contribution in [0.2, 0.25) is 0 Å². The number of nitrogen functional groups attached to an aromatic ring is 1. The molecule has 1 aliphatic rings. The molecule has 1 atom stereocenters. The van der Waals surface area contributed by atoms with E-state index in [1.54, 1.807) is 6.20 Å². The van der Waals surface area contributed by atoms with Crippen LogP contribution in [0.3, 0.4) is 0 Å². The molecule has 0 bridgehead atoms. The quantitative estimate of drug-likeness (QED) is 0.224. The number of likely N-dealkylation sites (N-methyl/N-ethyl adjacent to an activating group) is 1. The molecule has 214 valence electrons. The SMILES string of the molecule is CNCCNC(=O)C(C)(C)C(c1ccc(C)c(CN2CCOc3ccncc3C2)c1)c1ccc(NC)c(N)c1C. The van der Waals surface area contributed by atoms with E-state index >= 15 is 0 Å². The second-order valence-electron chi connectivity index (χ2n) is 11.2. The van der Waals surface area contributed by atoms with Crippen molar-refractivity contribution in [3.63, 3.8) is 0 Å². The number of nitrogens with zero attached hydrogens (tertiary/aromatic N) is 2. The second-order valence-corrected chi connectivity index (χ2v) is 11.2. The first-order valence-corrected chi connectivity index (χ1v) is 14.0. The van der Waals surface area contributed by atoms with Gasteiger partial charge in [-0.05, 0) is 60.8 Å². The van der Waals surface area contributed by atoms with Gasteiger partial charge in [0.05, 0.1) is 16.8 Å². The maximum Gasteiger partial charge on any atom is 0.226 e. The molecule has 0 saturated heterocycles. The van der Waals surface area contributed by atoms with E-state index in [4.69, 9.17) is 10.5 Å². The van der Waals surface area contributed by atoms with E-state index in [2.05, 4.69) is 57.0 Å². The monoisotopic (exact) mass is 544 g/mol. The van der Waals surface area contributed by atoms with Gasteiger partial charge in [-0.3, -0.25) is 14.7 Å². The Morgan fingerprint density at radius 3 is 2.70 bits per heavy atom. The Bertz CT molecular complexity index is 1340. The zero-order valence-corrected chi connectivity index (χ0v) is 24.7. The molecule has 0 aliphatic carbocycles. The van der Waals surface area contributed by atoms with Gasteiger partial charge in [0.25, 0.3) is 0 Å². The van der Waals surface area contributed by atoms with Crippen LogP contribution in [0.25, 0.3) is 0 Å². The van der Waals surface area contributed by atoms with E-state index in [9.17, 15) is 4.79 Å². The van der Waals surface area contributed by atoms with Crippen LogP contribution in [0.1, 0.15) is 53.1 Å². The highest BCUT2D eigenvalue weighted by atomic mass is 16.5. The van der Waals surface area contributed by atoms with Gasteiger partial charge < -0.3 is 26.4 Å². The molecule has 0 fully saturated rings. The molecule has 40 heavy (non-hydrogen) atoms. The van der Waals surface area contributed by atoms with Gasteiger partial charge in [-0.25, -0.2) is 0 Å². The molecule has 0 radical (unpaired) electrons. The van der Waals surface area contributed by atoms with E-state index in [0.717, 1.165) is 53.3 Å². The van der Waals surface area contributed by atoms with Crippen molar-refractivity contribution in [1.29, 1.82) is 0 Å². The van der Waals surface area contributed by atoms with Gasteiger partial charge in [0.2, 0.25) is 5.91 Å². The maximum absolute atomic E-state index is 13.7. The molecule has 1 amide bonds. The smallest absolute Gasteiger partial charge is 0.226 e. The van der Waals surface area contributed by atoms with Crippen molar-refractivity contribution in [2.45, 2.75) is 46.7 Å². The van der Waals surface area contributed by atoms with Crippen molar-refractivity contribution in [2.24, 2.45) is 5.41 Å². The van der Waals surface area contributed by atoms with Gasteiger partial charge >= 0.3 is 0 Å². The standard InChI is InChI=1S/C32H44N6O2/c1-21-7-8-23(17-24(21)19-38-15-16-40-28-11-12-36-18-25(28)20-38)29(32(3,4)31(39)37-14-13-34-5)26-9-10-27(35-6)30(33)22(26)2/h7-12,17-18,29,34-35H,13-16,19-20,33H2,1-6H3,(H,37,39). The van der Waals surface area contributed by atoms with Crippen LogP contribution in [-0.2, 0) is 17.9 Å². The fourth-order valence-corrected chi connectivity index (χ4v) is 5.62. The summed E-state index contributed by atoms with van der Waals surface area (Å²) in [6.45, 7) is 12.5. The molecular formula is C32H44N6O2. The van der Waals surface area contributed by atoms with Crippen molar-refractivity contribution in [3.05, 3.63) is 82.2 Å². The lowest BCUT2D eigenvalue weighted by Gasteiger charge is -2.36. The lowest BCUT2D eigenvalue weighted by atomic mass is 9.69. The van der Waals surface area contributed by atoms with E-state index < -0.39 is 5.41 Å². The number of hydrogen-bond donors (Lipinski definition) is 4. The Morgan fingerprint density at radius 1 is 1.15 bits per heavy atom. The summed E-state index contributed by atoms with van der Waals surface area (Å²) in [5.74, 6) is 0.721. The van der Waals surface area contributed by atoms with Crippen LogP contribution in [0.5, 0.6) is 5.75 Å². The highest BCUT2D eigenvalue weighted by Crippen LogP contribution is 2.45. The van der Waals surface area contributed by atoms with E-state index in [1.165, 1.54) is 11.1 Å². The molecule has 1 unspecified atom stereocenters. The second kappa shape index (κ2) is 12.7. The molecular weight excluding hydrogens is 500 g/mol. The number of aromatic nitrogens is 1. The number of carbonyl (C=O) groups is 1. The zero-order chi connectivity index (χ0) is 28.9. The number of nitrogens with two attached hydrogens (primary N) is 1. The van der Waals surface area contributed by atoms with Gasteiger partial charge in [0, 0.05) is 63.6 Å². The molecule has 8 heteroatoms. The minimum atomic E-state index is -0.736. The number of aryl methyl sites for hydroxylation is 1. The van der Waals surface area contributed by atoms with Crippen LogP contribution in [0, 0.1) is 19.3 Å². The van der Waals surface area contributed by atoms with Crippen LogP contribution < -0.4 is 26.4 Å². The number of rotatable bonds is 10. The first kappa shape index (κ1) is 29.4. The third-order valence-corrected chi connectivity index (χ3v) is 8.12. The summed E-state index contributed by atoms with van der Waals surface area (Å²) in [4.78, 5) is 20.4. The topological polar surface area (TPSA) is 105 Å². The summed E-state index contributed by atoms with van der Waals surface area (Å²) in [6.07, 6.45) is 3.67. The van der Waals surface area contributed by atoms with E-state index in [0.29, 0.717) is 25.4 Å². The number of anilines is 2. The van der Waals surface area contributed by atoms with Crippen molar-refractivity contribution >= 4 is 17.3 Å². The summed E-state index contributed by atoms with van der Waals surface area (Å²) in [7, 11) is 3.75. The highest BCUT2D eigenvalue weighted by Gasteiger charge is 2.40. The van der Waals surface area contributed by atoms with Crippen molar-refractivity contribution < 1.29 is 9.53 Å². The summed E-state index contributed by atoms with van der Waals surface area (Å²) >= 11 is 0. The molecule has 3 aromatic rings. The Morgan fingerprint density at radius 2 is 1.95 bits per heavy atom. The normalized spacial score (nSPS) is 14.6. The molecule has 8 nitrogen and oxygen atoms in total. The first-order valence-electron chi connectivity index (χ1n) is 14.0. The number of fused-ring (bicyclic) bond motifs is 1. The number of hydrogen-bond acceptors (Lipinski definition) is 7. The minimum Gasteiger partial charge on any atom is -0.492 e. The van der Waals surface area contributed by atoms with Gasteiger partial charge in [-0.15, -0.1) is 0 Å². The highest BCUT2D eigenvalue weighted by molar-refractivity contribution is 5.84. The molecule has 2 aromatic carbocycles. The molecule has 0 saturated carbocycles. The Balaban J connectivity index is 1.74. The third-order valence-electron chi connectivity index (χ3n) is 8.12. The Labute approximate surface area is 238 Å². The third kappa shape index (κ3) is 6.24. The van der Waals surface area contributed by atoms with Crippen LogP contribution >= 0.6 is 0 Å². The van der Waals surface area contributed by atoms with Crippen LogP contribution in [0.4, 0.5) is 11.4 Å². The minimum absolute atomic E-state index is 0.0133. The number of benzene rings is 2. The molecule has 1 aliphatic heterocycles. The first-order chi connectivity index (χ1) is 19.2. The van der Waals surface area contributed by atoms with Gasteiger partial charge in [0.1, 0.15) is 12.4 Å². The maximum atomic E-state index is 13.7. The average molecular weight is 545 g/mol. The lowest BCUT2D eigenvalue weighted by molar-refractivity contribution is -0.130. The zero-order valence-electron chi connectivity index (χ0n) is 24.7. The fraction of sp³-hybridized carbons (Fsp3) is 0.438. The van der Waals surface area contributed by atoms with Gasteiger partial charge in [0.15, 0.2) is 0 Å². The largest absolute Gasteiger partial charge is 0.492 e. The summed E-state index contributed by atoms with van der Waals surface area (Å²) in [5.41, 5.74) is 14.1. The summed E-state index contributed by atoms with van der Waals surface area (Å²) in [6, 6.07) is 12.7. The van der Waals surface area contributed by atoms with Crippen molar-refractivity contribution in [3.8, 4) is 5.75 Å². The predicted octanol–water partition coefficient (Wildman–Crippen LogP) is 4.21. The molecule has 5 N–H and O–H groups in total. The molecule has 4 rings (SSSR count). The number of nitrogens with one attached hydrogen (secondary N) is 3. The van der Waals surface area contributed by atoms with Gasteiger partial charge in [-0.2, -0.15) is 0 Å². The predicted molar refractivity (Wildman–Crippen MR) is 163 cm³/mol. The van der Waals surface area contributed by atoms with Crippen LogP contribution in [-0.4, -0.2) is 56.1 Å². The molecule has 1 aromatic heterocycles. The van der Waals surface area contributed by atoms with Crippen LogP contribution in [0.15, 0.2) is 48.8 Å². The van der Waals surface area contributed by atoms with Crippen molar-refractivity contribution in [2.75, 3.05) is 51.4 Å². The number of ether oxygens (including phenoxy) is 1. The molecule has 0 spiro atoms.